The Morgan fingerprint density at radius 1 is 0.844 bits per heavy atom. The second-order valence-corrected chi connectivity index (χ2v) is 14.4. The van der Waals surface area contributed by atoms with Gasteiger partial charge in [0, 0.05) is 42.7 Å². The van der Waals surface area contributed by atoms with Crippen LogP contribution in [0.3, 0.4) is 0 Å². The van der Waals surface area contributed by atoms with Crippen molar-refractivity contribution in [3.8, 4) is 5.75 Å². The molecule has 45 heavy (non-hydrogen) atoms. The molecule has 2 rings (SSSR count). The molecule has 0 aliphatic heterocycles. The number of aromatic hydroxyl groups is 1. The summed E-state index contributed by atoms with van der Waals surface area (Å²) in [4.78, 5) is 42.8. The van der Waals surface area contributed by atoms with Gasteiger partial charge < -0.3 is 28.5 Å². The van der Waals surface area contributed by atoms with Crippen molar-refractivity contribution < 1.29 is 33.7 Å². The van der Waals surface area contributed by atoms with E-state index in [1.54, 1.807) is 61.5 Å². The molecule has 0 fully saturated rings. The molecule has 0 unspecified atom stereocenters. The fourth-order valence-corrected chi connectivity index (χ4v) is 4.85. The molecule has 11 heteroatoms. The van der Waals surface area contributed by atoms with E-state index >= 15 is 0 Å². The Balaban J connectivity index is 0.0000101. The van der Waals surface area contributed by atoms with Gasteiger partial charge in [0.05, 0.1) is 17.6 Å². The van der Waals surface area contributed by atoms with Crippen LogP contribution in [-0.2, 0) is 42.9 Å². The van der Waals surface area contributed by atoms with E-state index in [4.69, 9.17) is 14.2 Å². The number of nitrogens with zero attached hydrogens (tertiary/aromatic N) is 3. The molecule has 0 spiro atoms. The third-order valence-electron chi connectivity index (χ3n) is 8.01. The lowest BCUT2D eigenvalue weighted by Gasteiger charge is -2.30. The summed E-state index contributed by atoms with van der Waals surface area (Å²) in [6.45, 7) is 21.0. The summed E-state index contributed by atoms with van der Waals surface area (Å²) in [6.07, 6.45) is 4.78. The normalized spacial score (nSPS) is 12.9. The molecule has 0 atom stereocenters. The third kappa shape index (κ3) is 10.6. The van der Waals surface area contributed by atoms with E-state index in [1.807, 2.05) is 41.5 Å². The topological polar surface area (TPSA) is 121 Å². The zero-order chi connectivity index (χ0) is 33.7. The predicted molar refractivity (Wildman–Crippen MR) is 180 cm³/mol. The summed E-state index contributed by atoms with van der Waals surface area (Å²) in [6, 6.07) is 3.49. The van der Waals surface area contributed by atoms with Crippen LogP contribution in [-0.4, -0.2) is 51.6 Å². The van der Waals surface area contributed by atoms with Crippen molar-refractivity contribution in [1.82, 2.24) is 9.13 Å². The number of esters is 1. The number of hydrogen-bond donors (Lipinski definition) is 1. The molecular formula is C34H54BrN3O7. The SMILES string of the molecule is Br.CCC(CC)(CCn1ccn(CC(=O)c2cc(C(C)(C)C)c(O)c(C(C)(C)C)c2)/c1=N\C(=O)OCOC(=O)C(C)(C)C)OC. The minimum Gasteiger partial charge on any atom is -0.507 e. The first-order valence-corrected chi connectivity index (χ1v) is 15.3. The van der Waals surface area contributed by atoms with E-state index in [-0.39, 0.29) is 46.3 Å². The van der Waals surface area contributed by atoms with Gasteiger partial charge in [-0.3, -0.25) is 9.59 Å². The Kier molecular flexibility index (Phi) is 13.9. The minimum atomic E-state index is -0.952. The van der Waals surface area contributed by atoms with Crippen molar-refractivity contribution in [2.45, 2.75) is 125 Å². The number of carbonyl (C=O) groups excluding carboxylic acids is 3. The van der Waals surface area contributed by atoms with Crippen molar-refractivity contribution in [1.29, 1.82) is 0 Å². The van der Waals surface area contributed by atoms with Crippen LogP contribution in [0.15, 0.2) is 29.5 Å². The summed E-state index contributed by atoms with van der Waals surface area (Å²) >= 11 is 0. The minimum absolute atomic E-state index is 0. The number of methoxy groups -OCH3 is 1. The monoisotopic (exact) mass is 695 g/mol. The highest BCUT2D eigenvalue weighted by atomic mass is 79.9. The fraction of sp³-hybridized carbons (Fsp3) is 0.647. The number of carbonyl (C=O) groups is 3. The summed E-state index contributed by atoms with van der Waals surface area (Å²) in [7, 11) is 1.69. The lowest BCUT2D eigenvalue weighted by molar-refractivity contribution is -0.161. The van der Waals surface area contributed by atoms with Gasteiger partial charge in [0.1, 0.15) is 5.75 Å². The van der Waals surface area contributed by atoms with E-state index in [0.29, 0.717) is 29.7 Å². The van der Waals surface area contributed by atoms with Crippen LogP contribution >= 0.6 is 17.0 Å². The molecule has 0 bridgehead atoms. The van der Waals surface area contributed by atoms with Gasteiger partial charge in [-0.2, -0.15) is 0 Å². The summed E-state index contributed by atoms with van der Waals surface area (Å²) in [5.41, 5.74) is 0.149. The van der Waals surface area contributed by atoms with E-state index in [2.05, 4.69) is 18.8 Å². The molecule has 0 aliphatic rings. The van der Waals surface area contributed by atoms with Gasteiger partial charge in [-0.1, -0.05) is 55.4 Å². The van der Waals surface area contributed by atoms with E-state index in [0.717, 1.165) is 12.8 Å². The largest absolute Gasteiger partial charge is 0.507 e. The van der Waals surface area contributed by atoms with Gasteiger partial charge in [0.15, 0.2) is 5.78 Å². The number of phenolic OH excluding ortho intramolecular Hbond substituents is 1. The quantitative estimate of drug-likeness (QED) is 0.150. The number of aromatic nitrogens is 2. The number of imidazole rings is 1. The summed E-state index contributed by atoms with van der Waals surface area (Å²) < 4.78 is 19.4. The summed E-state index contributed by atoms with van der Waals surface area (Å²) in [5, 5.41) is 11.1. The van der Waals surface area contributed by atoms with Crippen LogP contribution in [0.1, 0.15) is 117 Å². The first kappa shape index (κ1) is 40.1. The number of rotatable bonds is 11. The van der Waals surface area contributed by atoms with Gasteiger partial charge in [-0.05, 0) is 63.0 Å². The standard InChI is InChI=1S/C34H53N3O7.BrH/c1-13-34(14-2,42-12)15-16-36-17-18-37(29(36)35-30(41)44-22-43-28(40)33(9,10)11)21-26(38)23-19-24(31(3,4)5)27(39)25(20-23)32(6,7)8;/h17-20,39H,13-16,21-22H2,1-12H3;1H/b35-29-;. The molecule has 0 radical (unpaired) electrons. The Morgan fingerprint density at radius 2 is 1.36 bits per heavy atom. The molecule has 1 amide bonds. The van der Waals surface area contributed by atoms with Crippen molar-refractivity contribution in [3.05, 3.63) is 46.8 Å². The lowest BCUT2D eigenvalue weighted by atomic mass is 9.78. The van der Waals surface area contributed by atoms with Crippen LogP contribution in [0.4, 0.5) is 4.79 Å². The second kappa shape index (κ2) is 15.6. The Labute approximate surface area is 278 Å². The number of hydrogen-bond acceptors (Lipinski definition) is 7. The average Bonchev–Trinajstić information content (AvgIpc) is 3.28. The highest BCUT2D eigenvalue weighted by molar-refractivity contribution is 8.93. The smallest absolute Gasteiger partial charge is 0.439 e. The molecule has 254 valence electrons. The molecule has 1 heterocycles. The van der Waals surface area contributed by atoms with Crippen LogP contribution < -0.4 is 5.62 Å². The predicted octanol–water partition coefficient (Wildman–Crippen LogP) is 7.23. The number of Topliss-reactive ketones (excluding diaryl/α,β-unsaturated/α-hetero) is 1. The highest BCUT2D eigenvalue weighted by Gasteiger charge is 2.29. The van der Waals surface area contributed by atoms with Crippen LogP contribution in [0.5, 0.6) is 5.75 Å². The van der Waals surface area contributed by atoms with E-state index in [1.165, 1.54) is 0 Å². The number of ether oxygens (including phenoxy) is 3. The van der Waals surface area contributed by atoms with E-state index < -0.39 is 35.1 Å². The van der Waals surface area contributed by atoms with Gasteiger partial charge in [-0.25, -0.2) is 4.79 Å². The van der Waals surface area contributed by atoms with Crippen LogP contribution in [0.25, 0.3) is 0 Å². The number of halogens is 1. The highest BCUT2D eigenvalue weighted by Crippen LogP contribution is 2.40. The van der Waals surface area contributed by atoms with Crippen molar-refractivity contribution in [2.75, 3.05) is 13.9 Å². The molecule has 1 N–H and O–H groups in total. The number of amides is 1. The maximum absolute atomic E-state index is 13.8. The van der Waals surface area contributed by atoms with Crippen molar-refractivity contribution in [3.63, 3.8) is 0 Å². The van der Waals surface area contributed by atoms with Crippen molar-refractivity contribution >= 4 is 34.8 Å². The molecule has 2 aromatic rings. The molecule has 1 aromatic carbocycles. The number of phenols is 1. The molecule has 0 aliphatic carbocycles. The number of benzene rings is 1. The third-order valence-corrected chi connectivity index (χ3v) is 8.01. The van der Waals surface area contributed by atoms with Crippen LogP contribution in [0, 0.1) is 5.41 Å². The average molecular weight is 697 g/mol. The Bertz CT molecular complexity index is 1360. The molecule has 10 nitrogen and oxygen atoms in total. The van der Waals surface area contributed by atoms with Gasteiger partial charge in [-0.15, -0.1) is 22.0 Å². The molecule has 0 saturated heterocycles. The fourth-order valence-electron chi connectivity index (χ4n) is 4.85. The van der Waals surface area contributed by atoms with E-state index in [9.17, 15) is 19.5 Å². The first-order valence-electron chi connectivity index (χ1n) is 15.3. The maximum Gasteiger partial charge on any atom is 0.439 e. The zero-order valence-electron chi connectivity index (χ0n) is 29.2. The van der Waals surface area contributed by atoms with Gasteiger partial charge in [0.25, 0.3) is 0 Å². The number of ketones is 1. The van der Waals surface area contributed by atoms with Gasteiger partial charge in [0.2, 0.25) is 12.4 Å². The Hall–Kier alpha value is -2.92. The van der Waals surface area contributed by atoms with Crippen molar-refractivity contribution in [2.24, 2.45) is 10.4 Å². The van der Waals surface area contributed by atoms with Gasteiger partial charge >= 0.3 is 12.1 Å². The first-order chi connectivity index (χ1) is 20.2. The Morgan fingerprint density at radius 3 is 1.80 bits per heavy atom. The number of aryl methyl sites for hydroxylation is 1. The maximum atomic E-state index is 13.8. The summed E-state index contributed by atoms with van der Waals surface area (Å²) in [5.74, 6) is -0.525. The second-order valence-electron chi connectivity index (χ2n) is 14.4. The molecule has 1 aromatic heterocycles. The van der Waals surface area contributed by atoms with Crippen LogP contribution in [0.2, 0.25) is 0 Å². The molecule has 0 saturated carbocycles. The molecular weight excluding hydrogens is 642 g/mol. The lowest BCUT2D eigenvalue weighted by Crippen LogP contribution is -2.35. The zero-order valence-corrected chi connectivity index (χ0v) is 30.9.